The zero-order valence-electron chi connectivity index (χ0n) is 15.9. The predicted octanol–water partition coefficient (Wildman–Crippen LogP) is 2.96. The molecule has 3 N–H and O–H groups in total. The lowest BCUT2D eigenvalue weighted by Crippen LogP contribution is -2.17. The van der Waals surface area contributed by atoms with Crippen LogP contribution < -0.4 is 14.8 Å². The van der Waals surface area contributed by atoms with Crippen LogP contribution in [-0.4, -0.2) is 42.4 Å². The molecule has 0 aliphatic heterocycles. The van der Waals surface area contributed by atoms with Gasteiger partial charge in [-0.3, -0.25) is 0 Å². The molecular formula is C21H22BrNO6. The first-order valence-electron chi connectivity index (χ1n) is 8.52. The molecule has 0 saturated heterocycles. The molecule has 7 nitrogen and oxygen atoms in total. The third-order valence-corrected chi connectivity index (χ3v) is 4.07. The third kappa shape index (κ3) is 9.65. The number of halogens is 1. The summed E-state index contributed by atoms with van der Waals surface area (Å²) >= 11 is 3.49. The molecule has 0 aromatic heterocycles. The molecule has 0 amide bonds. The zero-order valence-corrected chi connectivity index (χ0v) is 17.4. The average Bonchev–Trinajstić information content (AvgIpc) is 2.71. The molecule has 0 fully saturated rings. The summed E-state index contributed by atoms with van der Waals surface area (Å²) in [6, 6.07) is 14.1. The van der Waals surface area contributed by atoms with Crippen LogP contribution in [0.25, 0.3) is 0 Å². The molecule has 0 aliphatic carbocycles. The highest BCUT2D eigenvalue weighted by Crippen LogP contribution is 2.23. The second kappa shape index (κ2) is 13.2. The SMILES string of the molecule is C#CCOc1ccc(Br)cc1CNCCc1ccc(OC)cc1.O=C(O)C(=O)O. The molecule has 2 rings (SSSR count). The van der Waals surface area contributed by atoms with Gasteiger partial charge in [0.2, 0.25) is 0 Å². The van der Waals surface area contributed by atoms with E-state index >= 15 is 0 Å². The van der Waals surface area contributed by atoms with Crippen molar-refractivity contribution in [1.82, 2.24) is 5.32 Å². The Balaban J connectivity index is 0.000000612. The van der Waals surface area contributed by atoms with Gasteiger partial charge in [0.05, 0.1) is 7.11 Å². The van der Waals surface area contributed by atoms with E-state index in [1.807, 2.05) is 30.3 Å². The van der Waals surface area contributed by atoms with Crippen LogP contribution in [0.3, 0.4) is 0 Å². The monoisotopic (exact) mass is 463 g/mol. The lowest BCUT2D eigenvalue weighted by Gasteiger charge is -2.11. The maximum Gasteiger partial charge on any atom is 0.414 e. The lowest BCUT2D eigenvalue weighted by molar-refractivity contribution is -0.159. The Labute approximate surface area is 177 Å². The van der Waals surface area contributed by atoms with Gasteiger partial charge in [0.15, 0.2) is 0 Å². The fourth-order valence-electron chi connectivity index (χ4n) is 2.19. The molecule has 2 aromatic rings. The van der Waals surface area contributed by atoms with Gasteiger partial charge in [-0.25, -0.2) is 9.59 Å². The first kappa shape index (κ1) is 24.0. The highest BCUT2D eigenvalue weighted by molar-refractivity contribution is 9.10. The van der Waals surface area contributed by atoms with Gasteiger partial charge >= 0.3 is 11.9 Å². The second-order valence-electron chi connectivity index (χ2n) is 5.63. The topological polar surface area (TPSA) is 105 Å². The third-order valence-electron chi connectivity index (χ3n) is 3.58. The molecule has 29 heavy (non-hydrogen) atoms. The second-order valence-corrected chi connectivity index (χ2v) is 6.55. The molecule has 0 heterocycles. The maximum absolute atomic E-state index is 9.10. The van der Waals surface area contributed by atoms with E-state index in [4.69, 9.17) is 35.7 Å². The highest BCUT2D eigenvalue weighted by Gasteiger charge is 2.05. The molecule has 0 radical (unpaired) electrons. The van der Waals surface area contributed by atoms with Gasteiger partial charge in [0, 0.05) is 16.6 Å². The summed E-state index contributed by atoms with van der Waals surface area (Å²) in [5.41, 5.74) is 2.36. The van der Waals surface area contributed by atoms with Crippen molar-refractivity contribution in [3.63, 3.8) is 0 Å². The van der Waals surface area contributed by atoms with Gasteiger partial charge in [0.25, 0.3) is 0 Å². The Morgan fingerprint density at radius 1 is 1.14 bits per heavy atom. The quantitative estimate of drug-likeness (QED) is 0.314. The Kier molecular flexibility index (Phi) is 10.9. The number of carboxylic acids is 2. The smallest absolute Gasteiger partial charge is 0.414 e. The normalized spacial score (nSPS) is 9.55. The zero-order chi connectivity index (χ0) is 21.6. The van der Waals surface area contributed by atoms with Crippen molar-refractivity contribution in [3.05, 3.63) is 58.1 Å². The predicted molar refractivity (Wildman–Crippen MR) is 112 cm³/mol. The molecule has 8 heteroatoms. The van der Waals surface area contributed by atoms with Crippen molar-refractivity contribution in [2.75, 3.05) is 20.3 Å². The van der Waals surface area contributed by atoms with Crippen LogP contribution in [0.1, 0.15) is 11.1 Å². The van der Waals surface area contributed by atoms with Gasteiger partial charge < -0.3 is 25.0 Å². The first-order chi connectivity index (χ1) is 13.9. The number of ether oxygens (including phenoxy) is 2. The first-order valence-corrected chi connectivity index (χ1v) is 9.31. The van der Waals surface area contributed by atoms with Gasteiger partial charge in [0.1, 0.15) is 18.1 Å². The highest BCUT2D eigenvalue weighted by atomic mass is 79.9. The minimum absolute atomic E-state index is 0.278. The summed E-state index contributed by atoms with van der Waals surface area (Å²) < 4.78 is 11.8. The number of nitrogens with one attached hydrogen (secondary N) is 1. The summed E-state index contributed by atoms with van der Waals surface area (Å²) in [4.78, 5) is 18.2. The van der Waals surface area contributed by atoms with E-state index in [9.17, 15) is 0 Å². The van der Waals surface area contributed by atoms with E-state index in [1.165, 1.54) is 5.56 Å². The summed E-state index contributed by atoms with van der Waals surface area (Å²) in [6.07, 6.45) is 6.21. The fourth-order valence-corrected chi connectivity index (χ4v) is 2.60. The van der Waals surface area contributed by atoms with Crippen LogP contribution >= 0.6 is 15.9 Å². The molecule has 0 aliphatic rings. The standard InChI is InChI=1S/C19H20BrNO2.C2H2O4/c1-3-12-23-19-9-6-17(20)13-16(19)14-21-11-10-15-4-7-18(22-2)8-5-15;3-1(4)2(5)6/h1,4-9,13,21H,10-12,14H2,2H3;(H,3,4)(H,5,6). The summed E-state index contributed by atoms with van der Waals surface area (Å²) in [5, 5.41) is 18.2. The van der Waals surface area contributed by atoms with Gasteiger partial charge in [-0.1, -0.05) is 34.0 Å². The Morgan fingerprint density at radius 3 is 2.34 bits per heavy atom. The number of rotatable bonds is 8. The van der Waals surface area contributed by atoms with Crippen molar-refractivity contribution >= 4 is 27.9 Å². The van der Waals surface area contributed by atoms with Crippen molar-refractivity contribution in [2.45, 2.75) is 13.0 Å². The number of hydrogen-bond donors (Lipinski definition) is 3. The average molecular weight is 464 g/mol. The van der Waals surface area contributed by atoms with E-state index in [2.05, 4.69) is 39.3 Å². The number of carbonyl (C=O) groups is 2. The van der Waals surface area contributed by atoms with Crippen molar-refractivity contribution in [1.29, 1.82) is 0 Å². The molecular weight excluding hydrogens is 442 g/mol. The van der Waals surface area contributed by atoms with Crippen molar-refractivity contribution in [3.8, 4) is 23.8 Å². The Hall–Kier alpha value is -3.02. The number of benzene rings is 2. The van der Waals surface area contributed by atoms with Crippen molar-refractivity contribution in [2.24, 2.45) is 0 Å². The van der Waals surface area contributed by atoms with Crippen LogP contribution in [0.2, 0.25) is 0 Å². The Bertz CT molecular complexity index is 833. The molecule has 0 unspecified atom stereocenters. The fraction of sp³-hybridized carbons (Fsp3) is 0.238. The molecule has 0 spiro atoms. The van der Waals surface area contributed by atoms with E-state index < -0.39 is 11.9 Å². The maximum atomic E-state index is 9.10. The number of aliphatic carboxylic acids is 2. The van der Waals surface area contributed by atoms with Crippen LogP contribution in [0.15, 0.2) is 46.9 Å². The van der Waals surface area contributed by atoms with Crippen LogP contribution in [-0.2, 0) is 22.6 Å². The number of terminal acetylenes is 1. The minimum atomic E-state index is -1.82. The lowest BCUT2D eigenvalue weighted by atomic mass is 10.1. The van der Waals surface area contributed by atoms with Crippen molar-refractivity contribution < 1.29 is 29.3 Å². The number of hydrogen-bond acceptors (Lipinski definition) is 5. The van der Waals surface area contributed by atoms with Gasteiger partial charge in [-0.2, -0.15) is 0 Å². The Morgan fingerprint density at radius 2 is 1.79 bits per heavy atom. The summed E-state index contributed by atoms with van der Waals surface area (Å²) in [7, 11) is 1.67. The van der Waals surface area contributed by atoms with Crippen LogP contribution in [0, 0.1) is 12.3 Å². The van der Waals surface area contributed by atoms with Crippen LogP contribution in [0.5, 0.6) is 11.5 Å². The molecule has 154 valence electrons. The van der Waals surface area contributed by atoms with E-state index in [0.29, 0.717) is 0 Å². The van der Waals surface area contributed by atoms with Gasteiger partial charge in [-0.05, 0) is 48.9 Å². The van der Waals surface area contributed by atoms with Crippen LogP contribution in [0.4, 0.5) is 0 Å². The largest absolute Gasteiger partial charge is 0.497 e. The minimum Gasteiger partial charge on any atom is -0.497 e. The molecule has 0 atom stereocenters. The number of carboxylic acid groups (broad SMARTS) is 2. The molecule has 0 bridgehead atoms. The van der Waals surface area contributed by atoms with E-state index in [-0.39, 0.29) is 6.61 Å². The van der Waals surface area contributed by atoms with E-state index in [0.717, 1.165) is 41.0 Å². The van der Waals surface area contributed by atoms with Gasteiger partial charge in [-0.15, -0.1) is 6.42 Å². The molecule has 0 saturated carbocycles. The number of methoxy groups -OCH3 is 1. The molecule has 2 aromatic carbocycles. The van der Waals surface area contributed by atoms with E-state index in [1.54, 1.807) is 7.11 Å². The summed E-state index contributed by atoms with van der Waals surface area (Å²) in [6.45, 7) is 1.89. The summed E-state index contributed by atoms with van der Waals surface area (Å²) in [5.74, 6) is 0.546.